The third-order valence-electron chi connectivity index (χ3n) is 10.4. The van der Waals surface area contributed by atoms with Gasteiger partial charge in [0.2, 0.25) is 0 Å². The third kappa shape index (κ3) is 3.61. The Bertz CT molecular complexity index is 667. The Morgan fingerprint density at radius 1 is 0.967 bits per heavy atom. The predicted octanol–water partition coefficient (Wildman–Crippen LogP) is 5.68. The summed E-state index contributed by atoms with van der Waals surface area (Å²) in [4.78, 5) is 0. The Balaban J connectivity index is 1.58. The summed E-state index contributed by atoms with van der Waals surface area (Å²) < 4.78 is 0. The Kier molecular flexibility index (Phi) is 5.99. The standard InChI is InChI=1S/C27H46O3/c1-17(2)7-6-8-18(3)21-9-10-22-24-23(12-14-26(21,22)5)25(4)13-11-20(28)15-19(25)16-27(24,29)30/h16-18,20-24,28-30H,6-15H2,1-5H3/t18-,20+,21-,22+,23+,24+,25+,26-/m1/s1. The van der Waals surface area contributed by atoms with Crippen LogP contribution in [0.1, 0.15) is 98.8 Å². The van der Waals surface area contributed by atoms with Crippen molar-refractivity contribution in [2.24, 2.45) is 46.3 Å². The van der Waals surface area contributed by atoms with E-state index in [2.05, 4.69) is 34.6 Å². The van der Waals surface area contributed by atoms with Gasteiger partial charge < -0.3 is 15.3 Å². The third-order valence-corrected chi connectivity index (χ3v) is 10.4. The van der Waals surface area contributed by atoms with Crippen molar-refractivity contribution in [3.63, 3.8) is 0 Å². The first-order valence-corrected chi connectivity index (χ1v) is 12.8. The van der Waals surface area contributed by atoms with Gasteiger partial charge in [-0.2, -0.15) is 0 Å². The van der Waals surface area contributed by atoms with Crippen LogP contribution >= 0.6 is 0 Å². The molecule has 3 fully saturated rings. The highest BCUT2D eigenvalue weighted by molar-refractivity contribution is 5.29. The van der Waals surface area contributed by atoms with E-state index in [0.717, 1.165) is 43.1 Å². The van der Waals surface area contributed by atoms with Crippen LogP contribution in [0.25, 0.3) is 0 Å². The largest absolute Gasteiger partial charge is 0.393 e. The molecule has 4 aliphatic carbocycles. The first-order chi connectivity index (χ1) is 14.0. The minimum absolute atomic E-state index is 0.0289. The van der Waals surface area contributed by atoms with E-state index in [1.807, 2.05) is 0 Å². The zero-order valence-corrected chi connectivity index (χ0v) is 20.0. The van der Waals surface area contributed by atoms with Crippen LogP contribution in [-0.4, -0.2) is 27.2 Å². The molecule has 0 bridgehead atoms. The number of hydrogen-bond donors (Lipinski definition) is 3. The van der Waals surface area contributed by atoms with Gasteiger partial charge in [0.05, 0.1) is 6.10 Å². The molecule has 4 aliphatic rings. The molecule has 8 atom stereocenters. The molecule has 0 aromatic heterocycles. The number of rotatable bonds is 5. The van der Waals surface area contributed by atoms with Crippen molar-refractivity contribution >= 4 is 0 Å². The second kappa shape index (κ2) is 7.89. The molecule has 30 heavy (non-hydrogen) atoms. The van der Waals surface area contributed by atoms with Gasteiger partial charge in [-0.1, -0.05) is 59.5 Å². The highest BCUT2D eigenvalue weighted by atomic mass is 16.5. The maximum Gasteiger partial charge on any atom is 0.186 e. The SMILES string of the molecule is CC(C)CCC[C@@H](C)[C@H]1CC[C@H]2[C@H]3[C@H](CC[C@]12C)[C@@]1(C)CC[C@H](O)CC1=CC3(O)O. The summed E-state index contributed by atoms with van der Waals surface area (Å²) in [5, 5.41) is 32.8. The fraction of sp³-hybridized carbons (Fsp3) is 0.926. The minimum Gasteiger partial charge on any atom is -0.393 e. The zero-order valence-electron chi connectivity index (χ0n) is 20.0. The average molecular weight is 419 g/mol. The lowest BCUT2D eigenvalue weighted by Gasteiger charge is -2.61. The molecule has 0 unspecified atom stereocenters. The summed E-state index contributed by atoms with van der Waals surface area (Å²) in [6.45, 7) is 11.9. The van der Waals surface area contributed by atoms with Gasteiger partial charge in [-0.05, 0) is 91.4 Å². The van der Waals surface area contributed by atoms with Crippen LogP contribution in [0.3, 0.4) is 0 Å². The lowest BCUT2D eigenvalue weighted by Crippen LogP contribution is -2.59. The highest BCUT2D eigenvalue weighted by Gasteiger charge is 2.64. The second-order valence-corrected chi connectivity index (χ2v) is 12.5. The molecule has 4 rings (SSSR count). The summed E-state index contributed by atoms with van der Waals surface area (Å²) in [6.07, 6.45) is 12.5. The van der Waals surface area contributed by atoms with Crippen LogP contribution < -0.4 is 0 Å². The molecule has 0 spiro atoms. The maximum atomic E-state index is 11.3. The Morgan fingerprint density at radius 3 is 2.40 bits per heavy atom. The molecule has 0 heterocycles. The highest BCUT2D eigenvalue weighted by Crippen LogP contribution is 2.68. The van der Waals surface area contributed by atoms with Crippen LogP contribution in [0.15, 0.2) is 11.6 Å². The Labute approximate surface area is 184 Å². The van der Waals surface area contributed by atoms with E-state index >= 15 is 0 Å². The lowest BCUT2D eigenvalue weighted by atomic mass is 9.45. The van der Waals surface area contributed by atoms with Crippen LogP contribution in [-0.2, 0) is 0 Å². The van der Waals surface area contributed by atoms with Gasteiger partial charge in [0.1, 0.15) is 0 Å². The van der Waals surface area contributed by atoms with Crippen LogP contribution in [0.5, 0.6) is 0 Å². The van der Waals surface area contributed by atoms with Gasteiger partial charge in [-0.25, -0.2) is 0 Å². The summed E-state index contributed by atoms with van der Waals surface area (Å²) in [5.74, 6) is 1.14. The first kappa shape index (κ1) is 22.8. The van der Waals surface area contributed by atoms with Crippen LogP contribution in [0.4, 0.5) is 0 Å². The van der Waals surface area contributed by atoms with Crippen LogP contribution in [0, 0.1) is 46.3 Å². The van der Waals surface area contributed by atoms with Crippen molar-refractivity contribution in [1.29, 1.82) is 0 Å². The molecule has 3 N–H and O–H groups in total. The molecule has 0 aromatic rings. The van der Waals surface area contributed by atoms with Crippen molar-refractivity contribution < 1.29 is 15.3 Å². The van der Waals surface area contributed by atoms with E-state index in [-0.39, 0.29) is 22.9 Å². The molecular weight excluding hydrogens is 372 g/mol. The fourth-order valence-electron chi connectivity index (χ4n) is 8.69. The summed E-state index contributed by atoms with van der Waals surface area (Å²) >= 11 is 0. The molecule has 3 nitrogen and oxygen atoms in total. The monoisotopic (exact) mass is 418 g/mol. The van der Waals surface area contributed by atoms with Crippen LogP contribution in [0.2, 0.25) is 0 Å². The van der Waals surface area contributed by atoms with Gasteiger partial charge in [0.25, 0.3) is 0 Å². The van der Waals surface area contributed by atoms with Crippen molar-refractivity contribution in [3.05, 3.63) is 11.6 Å². The van der Waals surface area contributed by atoms with E-state index < -0.39 is 5.79 Å². The topological polar surface area (TPSA) is 60.7 Å². The summed E-state index contributed by atoms with van der Waals surface area (Å²) in [7, 11) is 0. The van der Waals surface area contributed by atoms with Gasteiger partial charge in [-0.15, -0.1) is 0 Å². The van der Waals surface area contributed by atoms with E-state index in [1.54, 1.807) is 6.08 Å². The minimum atomic E-state index is -1.72. The maximum absolute atomic E-state index is 11.3. The smallest absolute Gasteiger partial charge is 0.186 e. The van der Waals surface area contributed by atoms with Crippen molar-refractivity contribution in [1.82, 2.24) is 0 Å². The molecule has 0 radical (unpaired) electrons. The fourth-order valence-corrected chi connectivity index (χ4v) is 8.69. The molecular formula is C27H46O3. The Morgan fingerprint density at radius 2 is 1.70 bits per heavy atom. The van der Waals surface area contributed by atoms with E-state index in [0.29, 0.717) is 24.2 Å². The molecule has 172 valence electrons. The number of aliphatic hydroxyl groups is 3. The quantitative estimate of drug-likeness (QED) is 0.398. The first-order valence-electron chi connectivity index (χ1n) is 12.8. The Hall–Kier alpha value is -0.380. The molecule has 0 aliphatic heterocycles. The average Bonchev–Trinajstić information content (AvgIpc) is 2.99. The molecule has 3 saturated carbocycles. The van der Waals surface area contributed by atoms with Gasteiger partial charge in [0, 0.05) is 5.92 Å². The summed E-state index contributed by atoms with van der Waals surface area (Å²) in [6, 6.07) is 0. The number of hydrogen-bond acceptors (Lipinski definition) is 3. The second-order valence-electron chi connectivity index (χ2n) is 12.5. The van der Waals surface area contributed by atoms with Crippen molar-refractivity contribution in [2.45, 2.75) is 111 Å². The van der Waals surface area contributed by atoms with Gasteiger partial charge in [0.15, 0.2) is 5.79 Å². The van der Waals surface area contributed by atoms with Gasteiger partial charge in [-0.3, -0.25) is 0 Å². The lowest BCUT2D eigenvalue weighted by molar-refractivity contribution is -0.236. The van der Waals surface area contributed by atoms with E-state index in [1.165, 1.54) is 32.1 Å². The molecule has 0 amide bonds. The predicted molar refractivity (Wildman–Crippen MR) is 122 cm³/mol. The number of aliphatic hydroxyl groups excluding tert-OH is 1. The van der Waals surface area contributed by atoms with E-state index in [9.17, 15) is 15.3 Å². The summed E-state index contributed by atoms with van der Waals surface area (Å²) in [5.41, 5.74) is 1.36. The van der Waals surface area contributed by atoms with Gasteiger partial charge >= 0.3 is 0 Å². The normalized spacial score (nSPS) is 46.0. The van der Waals surface area contributed by atoms with Crippen molar-refractivity contribution in [2.75, 3.05) is 0 Å². The van der Waals surface area contributed by atoms with E-state index in [4.69, 9.17) is 0 Å². The number of fused-ring (bicyclic) bond motifs is 5. The zero-order chi connectivity index (χ0) is 21.9. The molecule has 3 heteroatoms. The van der Waals surface area contributed by atoms with Crippen molar-refractivity contribution in [3.8, 4) is 0 Å². The molecule has 0 aromatic carbocycles. The molecule has 0 saturated heterocycles.